The molecule has 14 heteroatoms. The van der Waals surface area contributed by atoms with E-state index in [0.717, 1.165) is 22.9 Å². The maximum Gasteiger partial charge on any atom is 0.519 e. The number of hydrogen-bond acceptors (Lipinski definition) is 5. The monoisotopic (exact) mass is 740 g/mol. The zero-order valence-electron chi connectivity index (χ0n) is 29.5. The van der Waals surface area contributed by atoms with E-state index in [4.69, 9.17) is 13.9 Å². The summed E-state index contributed by atoms with van der Waals surface area (Å²) in [5.41, 5.74) is 1.56. The molecule has 4 heterocycles. The second kappa shape index (κ2) is 12.8. The Bertz CT molecular complexity index is 2410. The molecule has 0 spiro atoms. The van der Waals surface area contributed by atoms with Crippen LogP contribution >= 0.6 is 0 Å². The second-order valence-corrected chi connectivity index (χ2v) is 13.7. The van der Waals surface area contributed by atoms with E-state index in [1.165, 1.54) is 6.07 Å². The first kappa shape index (κ1) is 36.3. The van der Waals surface area contributed by atoms with Crippen LogP contribution in [-0.2, 0) is 50.4 Å². The van der Waals surface area contributed by atoms with Crippen LogP contribution < -0.4 is 5.82 Å². The third kappa shape index (κ3) is 6.16. The van der Waals surface area contributed by atoms with Gasteiger partial charge in [-0.2, -0.15) is 31.4 Å². The Morgan fingerprint density at radius 3 is 2.17 bits per heavy atom. The minimum Gasteiger partial charge on any atom is -0.396 e. The molecule has 3 aromatic heterocycles. The molecule has 0 saturated carbocycles. The summed E-state index contributed by atoms with van der Waals surface area (Å²) >= 11 is 0. The molecule has 0 amide bonds. The van der Waals surface area contributed by atoms with Gasteiger partial charge in [0.05, 0.1) is 45.8 Å². The van der Waals surface area contributed by atoms with Gasteiger partial charge >= 0.3 is 18.2 Å². The van der Waals surface area contributed by atoms with Gasteiger partial charge in [-0.1, -0.05) is 38.1 Å². The van der Waals surface area contributed by atoms with E-state index >= 15 is 4.39 Å². The molecule has 0 N–H and O–H groups in total. The number of nitrogens with zero attached hydrogens (tertiary/aromatic N) is 4. The summed E-state index contributed by atoms with van der Waals surface area (Å²) in [6, 6.07) is 12.4. The number of alkyl halides is 6. The van der Waals surface area contributed by atoms with Crippen LogP contribution in [-0.4, -0.2) is 19.2 Å². The molecule has 0 saturated heterocycles. The van der Waals surface area contributed by atoms with Gasteiger partial charge < -0.3 is 13.4 Å². The Labute approximate surface area is 299 Å². The fraction of sp³-hybridized carbons (Fsp3) is 0.333. The molecular formula is C39H35F7N4O3. The lowest BCUT2D eigenvalue weighted by atomic mass is 9.96. The Morgan fingerprint density at radius 1 is 0.868 bits per heavy atom. The molecule has 53 heavy (non-hydrogen) atoms. The van der Waals surface area contributed by atoms with Gasteiger partial charge in [-0.3, -0.25) is 4.90 Å². The van der Waals surface area contributed by atoms with Crippen molar-refractivity contribution < 1.29 is 39.6 Å². The van der Waals surface area contributed by atoms with Gasteiger partial charge in [-0.15, -0.1) is 0 Å². The lowest BCUT2D eigenvalue weighted by molar-refractivity contribution is -0.143. The third-order valence-corrected chi connectivity index (χ3v) is 10.3. The average molecular weight is 741 g/mol. The molecule has 1 aliphatic heterocycles. The van der Waals surface area contributed by atoms with Crippen molar-refractivity contribution in [2.75, 3.05) is 0 Å². The smallest absolute Gasteiger partial charge is 0.396 e. The minimum atomic E-state index is -5.03. The van der Waals surface area contributed by atoms with Crippen molar-refractivity contribution in [2.45, 2.75) is 85.0 Å². The molecule has 0 unspecified atom stereocenters. The molecular weight excluding hydrogens is 705 g/mol. The number of aromatic nitrogens is 3. The van der Waals surface area contributed by atoms with Crippen molar-refractivity contribution in [3.63, 3.8) is 0 Å². The van der Waals surface area contributed by atoms with Crippen LogP contribution in [0, 0.1) is 12.7 Å². The van der Waals surface area contributed by atoms with E-state index in [9.17, 15) is 31.1 Å². The number of halogens is 7. The highest BCUT2D eigenvalue weighted by atomic mass is 19.4. The van der Waals surface area contributed by atoms with E-state index in [1.54, 1.807) is 34.7 Å². The summed E-state index contributed by atoms with van der Waals surface area (Å²) in [4.78, 5) is 13.5. The van der Waals surface area contributed by atoms with Crippen molar-refractivity contribution in [3.8, 4) is 16.9 Å². The largest absolute Gasteiger partial charge is 0.519 e. The lowest BCUT2D eigenvalue weighted by Gasteiger charge is -2.33. The van der Waals surface area contributed by atoms with Crippen LogP contribution in [0.3, 0.4) is 0 Å². The highest BCUT2D eigenvalue weighted by molar-refractivity contribution is 5.96. The topological polar surface area (TPSA) is 69.3 Å². The van der Waals surface area contributed by atoms with Gasteiger partial charge in [0, 0.05) is 35.8 Å². The molecule has 278 valence electrons. The number of para-hydroxylation sites is 1. The fourth-order valence-corrected chi connectivity index (χ4v) is 7.46. The highest BCUT2D eigenvalue weighted by Gasteiger charge is 2.45. The maximum absolute atomic E-state index is 15.8. The summed E-state index contributed by atoms with van der Waals surface area (Å²) in [5.74, 6) is -0.919. The predicted molar refractivity (Wildman–Crippen MR) is 183 cm³/mol. The molecule has 0 atom stereocenters. The summed E-state index contributed by atoms with van der Waals surface area (Å²) in [5, 5.41) is 5.69. The van der Waals surface area contributed by atoms with Gasteiger partial charge in [0.2, 0.25) is 0 Å². The molecule has 6 aromatic rings. The van der Waals surface area contributed by atoms with Crippen molar-refractivity contribution in [1.29, 1.82) is 0 Å². The molecule has 0 fully saturated rings. The minimum absolute atomic E-state index is 0.00689. The van der Waals surface area contributed by atoms with Crippen LogP contribution in [0.2, 0.25) is 0 Å². The van der Waals surface area contributed by atoms with Crippen molar-refractivity contribution in [2.24, 2.45) is 0 Å². The number of fused-ring (bicyclic) bond motifs is 2. The Morgan fingerprint density at radius 2 is 1.57 bits per heavy atom. The normalized spacial score (nSPS) is 14.8. The Balaban J connectivity index is 1.42. The molecule has 0 radical (unpaired) electrons. The van der Waals surface area contributed by atoms with Crippen molar-refractivity contribution in [1.82, 2.24) is 19.2 Å². The number of benzene rings is 3. The summed E-state index contributed by atoms with van der Waals surface area (Å²) in [6.45, 7) is 9.06. The van der Waals surface area contributed by atoms with Gasteiger partial charge in [0.1, 0.15) is 11.6 Å². The van der Waals surface area contributed by atoms with Crippen LogP contribution in [0.5, 0.6) is 0 Å². The number of hydrogen-bond donors (Lipinski definition) is 0. The molecule has 1 aliphatic rings. The van der Waals surface area contributed by atoms with Gasteiger partial charge in [-0.05, 0) is 80.6 Å². The van der Waals surface area contributed by atoms with Crippen LogP contribution in [0.15, 0.2) is 74.4 Å². The number of rotatable bonds is 8. The zero-order valence-corrected chi connectivity index (χ0v) is 29.5. The zero-order chi connectivity index (χ0) is 38.2. The predicted octanol–water partition coefficient (Wildman–Crippen LogP) is 9.95. The molecule has 7 rings (SSSR count). The first-order valence-corrected chi connectivity index (χ1v) is 17.1. The second-order valence-electron chi connectivity index (χ2n) is 13.7. The van der Waals surface area contributed by atoms with Gasteiger partial charge in [0.25, 0.3) is 0 Å². The molecule has 7 nitrogen and oxygen atoms in total. The number of aryl methyl sites for hydroxylation is 3. The van der Waals surface area contributed by atoms with Gasteiger partial charge in [0.15, 0.2) is 5.76 Å². The molecule has 3 aromatic carbocycles. The Hall–Kier alpha value is -5.11. The van der Waals surface area contributed by atoms with Crippen molar-refractivity contribution >= 4 is 10.9 Å². The van der Waals surface area contributed by atoms with E-state index in [-0.39, 0.29) is 48.3 Å². The Kier molecular flexibility index (Phi) is 8.74. The first-order chi connectivity index (χ1) is 24.9. The first-order valence-electron chi connectivity index (χ1n) is 17.1. The standard InChI is InChI=1S/C39H35F7N4O3/c1-6-22-9-8-10-23(7-2)32(22)50-33(26-13-14-30(40)34-27(26)15-16-48(34)20-31-21(3)52-36(51)53-31)28-19-49(37(4,5)35(28)47-50)18-24-11-12-25(38(41,42)43)17-29(24)39(44,45)46/h8-17H,6-7,18-20H2,1-5H3. The van der Waals surface area contributed by atoms with Crippen LogP contribution in [0.1, 0.15) is 78.3 Å². The highest BCUT2D eigenvalue weighted by Crippen LogP contribution is 2.48. The average Bonchev–Trinajstić information content (AvgIpc) is 3.83. The third-order valence-electron chi connectivity index (χ3n) is 10.3. The SMILES string of the molecule is CCc1cccc(CC)c1-n1nc2c(c1-c1ccc(F)c3c1ccn3Cc1oc(=O)oc1C)CN(Cc1ccc(C(F)(F)F)cc1C(F)(F)F)C2(C)C. The summed E-state index contributed by atoms with van der Waals surface area (Å²) in [6.07, 6.45) is -6.97. The lowest BCUT2D eigenvalue weighted by Crippen LogP contribution is -2.36. The van der Waals surface area contributed by atoms with Gasteiger partial charge in [-0.25, -0.2) is 13.9 Å². The van der Waals surface area contributed by atoms with E-state index in [1.807, 2.05) is 50.6 Å². The summed E-state index contributed by atoms with van der Waals surface area (Å²) in [7, 11) is 0. The fourth-order valence-electron chi connectivity index (χ4n) is 7.46. The quantitative estimate of drug-likeness (QED) is 0.145. The van der Waals surface area contributed by atoms with E-state index in [2.05, 4.69) is 0 Å². The molecule has 0 bridgehead atoms. The van der Waals surface area contributed by atoms with E-state index in [0.29, 0.717) is 46.8 Å². The maximum atomic E-state index is 15.8. The van der Waals surface area contributed by atoms with Crippen LogP contribution in [0.25, 0.3) is 27.8 Å². The summed E-state index contributed by atoms with van der Waals surface area (Å²) < 4.78 is 113. The van der Waals surface area contributed by atoms with Crippen LogP contribution in [0.4, 0.5) is 30.7 Å². The van der Waals surface area contributed by atoms with E-state index < -0.39 is 40.7 Å². The molecule has 0 aliphatic carbocycles. The van der Waals surface area contributed by atoms with Crippen molar-refractivity contribution in [3.05, 3.63) is 128 Å².